The van der Waals surface area contributed by atoms with Gasteiger partial charge in [-0.3, -0.25) is 37.3 Å². The van der Waals surface area contributed by atoms with Crippen LogP contribution in [0.2, 0.25) is 0 Å². The van der Waals surface area contributed by atoms with E-state index in [4.69, 9.17) is 37.0 Å². The van der Waals surface area contributed by atoms with Gasteiger partial charge >= 0.3 is 33.6 Å². The second-order valence-electron chi connectivity index (χ2n) is 30.7. The van der Waals surface area contributed by atoms with E-state index in [1.807, 2.05) is 0 Å². The molecule has 0 saturated carbocycles. The van der Waals surface area contributed by atoms with Gasteiger partial charge in [0.05, 0.1) is 64.9 Å². The molecule has 23 heteroatoms. The Morgan fingerprint density at radius 1 is 0.287 bits per heavy atom. The summed E-state index contributed by atoms with van der Waals surface area (Å²) in [7, 11) is -9.41. The van der Waals surface area contributed by atoms with Gasteiger partial charge in [-0.05, 0) is 51.4 Å². The zero-order valence-corrected chi connectivity index (χ0v) is 72.0. The summed E-state index contributed by atoms with van der Waals surface area (Å²) in [6.07, 6.45) is 62.7. The number of urea groups is 1. The van der Waals surface area contributed by atoms with Crippen molar-refractivity contribution in [2.75, 3.05) is 65.9 Å². The number of amides is 4. The molecule has 0 heterocycles. The number of nitrogens with one attached hydrogen (secondary N) is 4. The third kappa shape index (κ3) is 75.9. The molecule has 640 valence electrons. The second kappa shape index (κ2) is 79.5. The quantitative estimate of drug-likeness (QED) is 0.0187. The van der Waals surface area contributed by atoms with Gasteiger partial charge in [-0.2, -0.15) is 0 Å². The molecule has 4 unspecified atom stereocenters. The van der Waals surface area contributed by atoms with Crippen molar-refractivity contribution in [1.29, 1.82) is 0 Å². The number of carbonyl (C=O) groups is 5. The largest absolute Gasteiger partial charge is 0.472 e. The van der Waals surface area contributed by atoms with Crippen LogP contribution in [0.3, 0.4) is 0 Å². The molecule has 0 aliphatic heterocycles. The monoisotopic (exact) mass is 1580 g/mol. The van der Waals surface area contributed by atoms with Crippen molar-refractivity contribution < 1.29 is 79.9 Å². The smallest absolute Gasteiger partial charge is 0.462 e. The van der Waals surface area contributed by atoms with Gasteiger partial charge in [0.2, 0.25) is 11.8 Å². The third-order valence-corrected chi connectivity index (χ3v) is 22.0. The molecular formula is C85H168N4O17P2. The molecule has 0 aromatic carbocycles. The number of hydrogen-bond donors (Lipinski definition) is 6. The molecule has 21 nitrogen and oxygen atoms in total. The fraction of sp³-hybridized carbons (Fsp3) is 0.941. The first-order valence-corrected chi connectivity index (χ1v) is 47.9. The average Bonchev–Trinajstić information content (AvgIpc) is 0.915. The fourth-order valence-electron chi connectivity index (χ4n) is 13.3. The van der Waals surface area contributed by atoms with Crippen molar-refractivity contribution in [3.05, 3.63) is 0 Å². The average molecular weight is 1580 g/mol. The highest BCUT2D eigenvalue weighted by Crippen LogP contribution is 2.44. The number of esters is 2. The maximum atomic E-state index is 13.3. The number of carbonyl (C=O) groups excluding carboxylic acids is 5. The SMILES string of the molecule is CCCCCCCCCCCCCCC(=O)NC(COCC[C@@H](CCCCCCC)OC(=O)CCCCCCCCCCCC)COP(=O)(O)OCCNC(=O)NCCOP(=O)(O)OCC(COCC[C@@H](CCCCCCC)OC(=O)CCCCCCCCCCC)NC(=O)CCCCCCCCCCCCC. The van der Waals surface area contributed by atoms with Crippen LogP contribution in [0.15, 0.2) is 0 Å². The molecule has 108 heavy (non-hydrogen) atoms. The summed E-state index contributed by atoms with van der Waals surface area (Å²) in [6.45, 7) is 11.6. The minimum absolute atomic E-state index is 0.0299. The van der Waals surface area contributed by atoms with Crippen LogP contribution in [0.25, 0.3) is 0 Å². The van der Waals surface area contributed by atoms with Crippen molar-refractivity contribution in [3.8, 4) is 0 Å². The summed E-state index contributed by atoms with van der Waals surface area (Å²) in [5, 5.41) is 10.9. The van der Waals surface area contributed by atoms with Crippen LogP contribution in [-0.2, 0) is 65.4 Å². The lowest BCUT2D eigenvalue weighted by Gasteiger charge is -2.22. The topological polar surface area (TPSA) is 282 Å². The first kappa shape index (κ1) is 105. The van der Waals surface area contributed by atoms with Crippen LogP contribution in [-0.4, -0.2) is 130 Å². The Morgan fingerprint density at radius 3 is 0.796 bits per heavy atom. The van der Waals surface area contributed by atoms with E-state index >= 15 is 0 Å². The lowest BCUT2D eigenvalue weighted by molar-refractivity contribution is -0.151. The molecular weight excluding hydrogens is 1410 g/mol. The second-order valence-corrected chi connectivity index (χ2v) is 33.6. The highest BCUT2D eigenvalue weighted by Gasteiger charge is 2.27. The number of unbranched alkanes of at least 4 members (excludes halogenated alkanes) is 46. The molecule has 0 aromatic rings. The molecule has 0 aromatic heterocycles. The molecule has 0 rings (SSSR count). The summed E-state index contributed by atoms with van der Waals surface area (Å²) in [6, 6.07) is -2.32. The van der Waals surface area contributed by atoms with Crippen molar-refractivity contribution in [1.82, 2.24) is 21.3 Å². The Kier molecular flexibility index (Phi) is 77.5. The van der Waals surface area contributed by atoms with E-state index in [0.29, 0.717) is 38.5 Å². The van der Waals surface area contributed by atoms with Crippen LogP contribution in [0.4, 0.5) is 4.79 Å². The predicted octanol–water partition coefficient (Wildman–Crippen LogP) is 22.9. The van der Waals surface area contributed by atoms with Crippen molar-refractivity contribution in [2.45, 2.75) is 451 Å². The van der Waals surface area contributed by atoms with Crippen molar-refractivity contribution in [2.24, 2.45) is 0 Å². The molecule has 0 saturated heterocycles. The molecule has 0 radical (unpaired) electrons. The number of phosphoric ester groups is 2. The van der Waals surface area contributed by atoms with Gasteiger partial charge in [0, 0.05) is 51.6 Å². The number of ether oxygens (including phenoxy) is 4. The zero-order chi connectivity index (χ0) is 79.2. The van der Waals surface area contributed by atoms with Crippen LogP contribution in [0, 0.1) is 0 Å². The highest BCUT2D eigenvalue weighted by atomic mass is 31.2. The summed E-state index contributed by atoms with van der Waals surface area (Å²) in [5.41, 5.74) is 0. The van der Waals surface area contributed by atoms with Crippen LogP contribution >= 0.6 is 15.6 Å². The standard InChI is InChI=1S/C85H168N4O17P2/c1-7-13-19-25-29-33-36-38-41-44-50-56-62-82(91)89-78(74-100-70-66-80(60-54-48-24-18-12-6)106-84(93)64-58-52-46-42-35-31-27-21-15-9-3)76-104-108(97,98)102-72-68-87-85(94)86-67-71-101-107(95,96)103-75-77(88-81(90)61-55-49-43-40-37-34-30-26-20-14-8-2)73-99-69-65-79(59-53-47-23-17-11-5)105-83(92)63-57-51-45-39-32-28-22-16-10-4/h77-80H,7-76H2,1-6H3,(H,88,90)(H,89,91)(H,95,96)(H,97,98)(H2,86,87,94)/t77?,78?,79-,80-/m1/s1. The van der Waals surface area contributed by atoms with Gasteiger partial charge in [-0.1, -0.05) is 337 Å². The number of hydrogen-bond acceptors (Lipinski definition) is 15. The van der Waals surface area contributed by atoms with Gasteiger partial charge in [0.1, 0.15) is 12.2 Å². The Labute approximate surface area is 660 Å². The molecule has 0 aliphatic rings. The van der Waals surface area contributed by atoms with Crippen molar-refractivity contribution >= 4 is 45.4 Å². The maximum absolute atomic E-state index is 13.3. The van der Waals surface area contributed by atoms with Gasteiger partial charge in [-0.25, -0.2) is 13.9 Å². The lowest BCUT2D eigenvalue weighted by Crippen LogP contribution is -2.41. The summed E-state index contributed by atoms with van der Waals surface area (Å²) >= 11 is 0. The molecule has 6 atom stereocenters. The molecule has 0 bridgehead atoms. The van der Waals surface area contributed by atoms with E-state index in [2.05, 4.69) is 62.8 Å². The van der Waals surface area contributed by atoms with Crippen LogP contribution < -0.4 is 21.3 Å². The van der Waals surface area contributed by atoms with E-state index in [1.165, 1.54) is 180 Å². The van der Waals surface area contributed by atoms with Gasteiger partial charge < -0.3 is 50.0 Å². The van der Waals surface area contributed by atoms with E-state index < -0.39 is 60.2 Å². The normalized spacial score (nSPS) is 13.9. The molecule has 4 amide bonds. The third-order valence-electron chi connectivity index (χ3n) is 20.0. The van der Waals surface area contributed by atoms with Crippen LogP contribution in [0.5, 0.6) is 0 Å². The highest BCUT2D eigenvalue weighted by molar-refractivity contribution is 7.47. The predicted molar refractivity (Wildman–Crippen MR) is 441 cm³/mol. The van der Waals surface area contributed by atoms with E-state index in [1.54, 1.807) is 0 Å². The van der Waals surface area contributed by atoms with Crippen molar-refractivity contribution in [3.63, 3.8) is 0 Å². The minimum Gasteiger partial charge on any atom is -0.462 e. The van der Waals surface area contributed by atoms with Gasteiger partial charge in [0.15, 0.2) is 0 Å². The molecule has 0 fully saturated rings. The fourth-order valence-corrected chi connectivity index (χ4v) is 14.8. The molecule has 0 aliphatic carbocycles. The first-order valence-electron chi connectivity index (χ1n) is 44.9. The molecule has 6 N–H and O–H groups in total. The zero-order valence-electron chi connectivity index (χ0n) is 70.2. The van der Waals surface area contributed by atoms with E-state index in [-0.39, 0.29) is 88.3 Å². The van der Waals surface area contributed by atoms with Gasteiger partial charge in [0.25, 0.3) is 0 Å². The number of rotatable bonds is 86. The lowest BCUT2D eigenvalue weighted by atomic mass is 10.0. The minimum atomic E-state index is -4.71. The Hall–Kier alpha value is -2.71. The summed E-state index contributed by atoms with van der Waals surface area (Å²) < 4.78 is 71.8. The summed E-state index contributed by atoms with van der Waals surface area (Å²) in [5.74, 6) is -0.842. The molecule has 0 spiro atoms. The summed E-state index contributed by atoms with van der Waals surface area (Å²) in [4.78, 5) is 86.9. The Balaban J connectivity index is 5.57. The van der Waals surface area contributed by atoms with E-state index in [0.717, 1.165) is 154 Å². The van der Waals surface area contributed by atoms with Crippen LogP contribution in [0.1, 0.15) is 427 Å². The maximum Gasteiger partial charge on any atom is 0.472 e. The Bertz CT molecular complexity index is 2140. The van der Waals surface area contributed by atoms with E-state index in [9.17, 15) is 42.9 Å². The number of phosphoric acid groups is 2. The van der Waals surface area contributed by atoms with Gasteiger partial charge in [-0.15, -0.1) is 0 Å². The first-order chi connectivity index (χ1) is 52.5. The Morgan fingerprint density at radius 2 is 0.528 bits per heavy atom.